The van der Waals surface area contributed by atoms with Crippen LogP contribution in [0.3, 0.4) is 0 Å². The Morgan fingerprint density at radius 2 is 1.66 bits per heavy atom. The third-order valence-corrected chi connectivity index (χ3v) is 5.63. The molecule has 1 heterocycles. The predicted molar refractivity (Wildman–Crippen MR) is 120 cm³/mol. The fourth-order valence-electron chi connectivity index (χ4n) is 3.74. The van der Waals surface area contributed by atoms with Gasteiger partial charge < -0.3 is 41.7 Å². The molecule has 0 spiro atoms. The molecule has 2 rings (SSSR count). The Labute approximate surface area is 200 Å². The number of phenolic OH excluding ortho intramolecular Hbond substituents is 1. The fraction of sp³-hybridized carbons (Fsp3) is 0.500. The molecule has 35 heavy (non-hydrogen) atoms. The number of amides is 3. The zero-order valence-corrected chi connectivity index (χ0v) is 18.9. The molecule has 4 atom stereocenters. The molecule has 1 aromatic rings. The van der Waals surface area contributed by atoms with E-state index >= 15 is 0 Å². The summed E-state index contributed by atoms with van der Waals surface area (Å²) in [7, 11) is 0. The second-order valence-electron chi connectivity index (χ2n) is 8.24. The first-order chi connectivity index (χ1) is 16.5. The molecule has 0 bridgehead atoms. The summed E-state index contributed by atoms with van der Waals surface area (Å²) in [5, 5.41) is 41.9. The number of likely N-dealkylation sites (tertiary alicyclic amines) is 1. The standard InChI is InChI=1S/C22H30N4O9/c23-14(10-12-3-5-13(28)6-4-12)19(31)25-16(11-27)20(32)24-15(7-8-18(29)30)21(33)26-9-1-2-17(26)22(34)35/h3-6,14-17,27-28H,1-2,7-11,23H2,(H,24,32)(H,25,31)(H,29,30)(H,34,35). The van der Waals surface area contributed by atoms with Crippen molar-refractivity contribution in [1.29, 1.82) is 0 Å². The number of nitrogens with one attached hydrogen (secondary N) is 2. The third kappa shape index (κ3) is 7.93. The molecule has 13 heteroatoms. The van der Waals surface area contributed by atoms with Crippen molar-refractivity contribution in [2.75, 3.05) is 13.2 Å². The minimum absolute atomic E-state index is 0.0411. The summed E-state index contributed by atoms with van der Waals surface area (Å²) in [5.74, 6) is -4.85. The van der Waals surface area contributed by atoms with Gasteiger partial charge in [0.25, 0.3) is 0 Å². The van der Waals surface area contributed by atoms with Crippen LogP contribution in [0.2, 0.25) is 0 Å². The predicted octanol–water partition coefficient (Wildman–Crippen LogP) is -1.84. The van der Waals surface area contributed by atoms with Gasteiger partial charge in [0, 0.05) is 13.0 Å². The first-order valence-electron chi connectivity index (χ1n) is 11.0. The number of aliphatic hydroxyl groups is 1. The molecule has 1 saturated heterocycles. The largest absolute Gasteiger partial charge is 0.508 e. The highest BCUT2D eigenvalue weighted by Gasteiger charge is 2.38. The van der Waals surface area contributed by atoms with Gasteiger partial charge in [0.1, 0.15) is 23.9 Å². The van der Waals surface area contributed by atoms with Gasteiger partial charge in [0.15, 0.2) is 0 Å². The Balaban J connectivity index is 2.05. The van der Waals surface area contributed by atoms with Crippen LogP contribution in [0.15, 0.2) is 24.3 Å². The van der Waals surface area contributed by atoms with Crippen LogP contribution in [0.5, 0.6) is 5.75 Å². The molecule has 13 nitrogen and oxygen atoms in total. The van der Waals surface area contributed by atoms with Gasteiger partial charge in [-0.15, -0.1) is 0 Å². The van der Waals surface area contributed by atoms with Crippen molar-refractivity contribution in [3.63, 3.8) is 0 Å². The second kappa shape index (κ2) is 12.7. The summed E-state index contributed by atoms with van der Waals surface area (Å²) in [6, 6.07) is 0.962. The second-order valence-corrected chi connectivity index (χ2v) is 8.24. The van der Waals surface area contributed by atoms with Gasteiger partial charge in [-0.05, 0) is 43.4 Å². The highest BCUT2D eigenvalue weighted by atomic mass is 16.4. The topological polar surface area (TPSA) is 220 Å². The van der Waals surface area contributed by atoms with Crippen LogP contribution in [0.4, 0.5) is 0 Å². The lowest BCUT2D eigenvalue weighted by atomic mass is 10.1. The number of hydrogen-bond acceptors (Lipinski definition) is 8. The highest BCUT2D eigenvalue weighted by Crippen LogP contribution is 2.19. The summed E-state index contributed by atoms with van der Waals surface area (Å²) >= 11 is 0. The van der Waals surface area contributed by atoms with Crippen LogP contribution >= 0.6 is 0 Å². The number of carbonyl (C=O) groups is 5. The molecule has 0 aromatic heterocycles. The maximum atomic E-state index is 12.9. The van der Waals surface area contributed by atoms with E-state index in [1.165, 1.54) is 12.1 Å². The Morgan fingerprint density at radius 3 is 2.23 bits per heavy atom. The lowest BCUT2D eigenvalue weighted by molar-refractivity contribution is -0.150. The molecule has 0 radical (unpaired) electrons. The van der Waals surface area contributed by atoms with E-state index in [1.807, 2.05) is 0 Å². The van der Waals surface area contributed by atoms with Gasteiger partial charge in [-0.25, -0.2) is 4.79 Å². The van der Waals surface area contributed by atoms with E-state index in [9.17, 15) is 39.3 Å². The fourth-order valence-corrected chi connectivity index (χ4v) is 3.74. The van der Waals surface area contributed by atoms with Crippen LogP contribution in [0, 0.1) is 0 Å². The minimum atomic E-state index is -1.48. The summed E-state index contributed by atoms with van der Waals surface area (Å²) < 4.78 is 0. The van der Waals surface area contributed by atoms with Crippen molar-refractivity contribution in [3.8, 4) is 5.75 Å². The molecular formula is C22H30N4O9. The van der Waals surface area contributed by atoms with Gasteiger partial charge in [-0.2, -0.15) is 0 Å². The summed E-state index contributed by atoms with van der Waals surface area (Å²) in [6.07, 6.45) is -0.0340. The number of aromatic hydroxyl groups is 1. The maximum Gasteiger partial charge on any atom is 0.326 e. The molecule has 0 aliphatic carbocycles. The normalized spacial score (nSPS) is 17.8. The van der Waals surface area contributed by atoms with Crippen molar-refractivity contribution in [2.24, 2.45) is 5.73 Å². The molecule has 1 aliphatic heterocycles. The van der Waals surface area contributed by atoms with Gasteiger partial charge in [0.05, 0.1) is 12.6 Å². The maximum absolute atomic E-state index is 12.9. The quantitative estimate of drug-likeness (QED) is 0.172. The zero-order valence-electron chi connectivity index (χ0n) is 18.9. The molecule has 0 saturated carbocycles. The van der Waals surface area contributed by atoms with Crippen LogP contribution in [0.1, 0.15) is 31.2 Å². The molecule has 192 valence electrons. The van der Waals surface area contributed by atoms with Crippen molar-refractivity contribution in [1.82, 2.24) is 15.5 Å². The molecular weight excluding hydrogens is 464 g/mol. The number of carboxylic acid groups (broad SMARTS) is 2. The van der Waals surface area contributed by atoms with Gasteiger partial charge in [-0.1, -0.05) is 12.1 Å². The van der Waals surface area contributed by atoms with Crippen LogP contribution in [-0.4, -0.2) is 92.3 Å². The Morgan fingerprint density at radius 1 is 1.03 bits per heavy atom. The number of rotatable bonds is 12. The Kier molecular flexibility index (Phi) is 9.97. The minimum Gasteiger partial charge on any atom is -0.508 e. The SMILES string of the molecule is NC(Cc1ccc(O)cc1)C(=O)NC(CO)C(=O)NC(CCC(=O)O)C(=O)N1CCCC1C(=O)O. The van der Waals surface area contributed by atoms with Crippen LogP contribution < -0.4 is 16.4 Å². The van der Waals surface area contributed by atoms with Crippen LogP contribution in [0.25, 0.3) is 0 Å². The zero-order chi connectivity index (χ0) is 26.1. The average Bonchev–Trinajstić information content (AvgIpc) is 3.31. The number of carboxylic acids is 2. The number of aliphatic hydroxyl groups excluding tert-OH is 1. The van der Waals surface area contributed by atoms with Crippen molar-refractivity contribution < 1.29 is 44.4 Å². The molecule has 1 aromatic carbocycles. The first kappa shape index (κ1) is 27.5. The van der Waals surface area contributed by atoms with E-state index < -0.39 is 66.9 Å². The van der Waals surface area contributed by atoms with E-state index in [0.717, 1.165) is 4.90 Å². The summed E-state index contributed by atoms with van der Waals surface area (Å²) in [4.78, 5) is 61.7. The van der Waals surface area contributed by atoms with Gasteiger partial charge >= 0.3 is 11.9 Å². The number of nitrogens with zero attached hydrogens (tertiary/aromatic N) is 1. The number of benzene rings is 1. The lowest BCUT2D eigenvalue weighted by Crippen LogP contribution is -2.58. The molecule has 4 unspecified atom stereocenters. The third-order valence-electron chi connectivity index (χ3n) is 5.63. The first-order valence-corrected chi connectivity index (χ1v) is 11.0. The van der Waals surface area contributed by atoms with Gasteiger partial charge in [0.2, 0.25) is 17.7 Å². The van der Waals surface area contributed by atoms with Crippen molar-refractivity contribution in [2.45, 2.75) is 56.3 Å². The number of nitrogens with two attached hydrogens (primary N) is 1. The number of aliphatic carboxylic acids is 2. The summed E-state index contributed by atoms with van der Waals surface area (Å²) in [5.41, 5.74) is 6.52. The average molecular weight is 495 g/mol. The lowest BCUT2D eigenvalue weighted by Gasteiger charge is -2.28. The number of phenols is 1. The van der Waals surface area contributed by atoms with E-state index in [4.69, 9.17) is 10.8 Å². The van der Waals surface area contributed by atoms with Crippen molar-refractivity contribution >= 4 is 29.7 Å². The Bertz CT molecular complexity index is 937. The molecule has 3 amide bonds. The molecule has 8 N–H and O–H groups in total. The number of hydrogen-bond donors (Lipinski definition) is 7. The summed E-state index contributed by atoms with van der Waals surface area (Å²) in [6.45, 7) is -0.688. The molecule has 1 fully saturated rings. The van der Waals surface area contributed by atoms with E-state index in [-0.39, 0.29) is 31.6 Å². The number of carbonyl (C=O) groups excluding carboxylic acids is 3. The van der Waals surface area contributed by atoms with Gasteiger partial charge in [-0.3, -0.25) is 19.2 Å². The van der Waals surface area contributed by atoms with E-state index in [2.05, 4.69) is 10.6 Å². The monoisotopic (exact) mass is 494 g/mol. The van der Waals surface area contributed by atoms with Crippen LogP contribution in [-0.2, 0) is 30.4 Å². The Hall–Kier alpha value is -3.71. The van der Waals surface area contributed by atoms with E-state index in [0.29, 0.717) is 12.0 Å². The highest BCUT2D eigenvalue weighted by molar-refractivity contribution is 5.94. The molecule has 1 aliphatic rings. The van der Waals surface area contributed by atoms with Crippen molar-refractivity contribution in [3.05, 3.63) is 29.8 Å². The smallest absolute Gasteiger partial charge is 0.326 e. The van der Waals surface area contributed by atoms with E-state index in [1.54, 1.807) is 12.1 Å².